The van der Waals surface area contributed by atoms with Crippen LogP contribution in [0.15, 0.2) is 4.52 Å². The molecule has 14 heavy (non-hydrogen) atoms. The lowest BCUT2D eigenvalue weighted by molar-refractivity contribution is -0.139. The molecule has 0 aliphatic rings. The van der Waals surface area contributed by atoms with Gasteiger partial charge >= 0.3 is 5.97 Å². The third-order valence-corrected chi connectivity index (χ3v) is 1.78. The van der Waals surface area contributed by atoms with Gasteiger partial charge in [0.05, 0.1) is 6.54 Å². The molecule has 6 nitrogen and oxygen atoms in total. The Morgan fingerprint density at radius 3 is 2.86 bits per heavy atom. The number of aliphatic carboxylic acids is 1. The predicted molar refractivity (Wildman–Crippen MR) is 47.6 cm³/mol. The second-order valence-electron chi connectivity index (χ2n) is 2.92. The summed E-state index contributed by atoms with van der Waals surface area (Å²) in [5.41, 5.74) is 0. The van der Waals surface area contributed by atoms with Gasteiger partial charge in [0.2, 0.25) is 5.89 Å². The Labute approximate surface area is 81.3 Å². The monoisotopic (exact) mass is 199 g/mol. The third-order valence-electron chi connectivity index (χ3n) is 1.78. The van der Waals surface area contributed by atoms with Crippen LogP contribution in [0.25, 0.3) is 0 Å². The van der Waals surface area contributed by atoms with Crippen LogP contribution in [-0.2, 0) is 11.3 Å². The molecule has 1 aromatic heterocycles. The maximum Gasteiger partial charge on any atom is 0.320 e. The normalized spacial score (nSPS) is 12.7. The molecule has 1 aromatic rings. The van der Waals surface area contributed by atoms with Crippen molar-refractivity contribution in [1.29, 1.82) is 0 Å². The SMILES string of the molecule is CCC(NCc1nc(C)no1)C(=O)O. The lowest BCUT2D eigenvalue weighted by Gasteiger charge is -2.09. The fourth-order valence-corrected chi connectivity index (χ4v) is 1.03. The molecule has 0 spiro atoms. The largest absolute Gasteiger partial charge is 0.480 e. The topological polar surface area (TPSA) is 88.3 Å². The van der Waals surface area contributed by atoms with Crippen molar-refractivity contribution >= 4 is 5.97 Å². The van der Waals surface area contributed by atoms with Crippen molar-refractivity contribution < 1.29 is 14.4 Å². The maximum atomic E-state index is 10.6. The molecule has 0 bridgehead atoms. The fraction of sp³-hybridized carbons (Fsp3) is 0.625. The average molecular weight is 199 g/mol. The van der Waals surface area contributed by atoms with E-state index in [2.05, 4.69) is 15.5 Å². The first-order chi connectivity index (χ1) is 6.63. The quantitative estimate of drug-likeness (QED) is 0.710. The number of hydrogen-bond acceptors (Lipinski definition) is 5. The number of aromatic nitrogens is 2. The van der Waals surface area contributed by atoms with Crippen molar-refractivity contribution in [2.75, 3.05) is 0 Å². The molecule has 0 amide bonds. The number of nitrogens with one attached hydrogen (secondary N) is 1. The average Bonchev–Trinajstić information content (AvgIpc) is 2.52. The van der Waals surface area contributed by atoms with E-state index in [0.717, 1.165) is 0 Å². The first-order valence-electron chi connectivity index (χ1n) is 4.39. The minimum absolute atomic E-state index is 0.283. The van der Waals surface area contributed by atoms with E-state index in [-0.39, 0.29) is 6.54 Å². The summed E-state index contributed by atoms with van der Waals surface area (Å²) in [7, 11) is 0. The van der Waals surface area contributed by atoms with E-state index >= 15 is 0 Å². The van der Waals surface area contributed by atoms with Gasteiger partial charge in [-0.2, -0.15) is 4.98 Å². The van der Waals surface area contributed by atoms with Gasteiger partial charge in [-0.05, 0) is 13.3 Å². The van der Waals surface area contributed by atoms with Gasteiger partial charge < -0.3 is 9.63 Å². The Morgan fingerprint density at radius 2 is 2.43 bits per heavy atom. The van der Waals surface area contributed by atoms with E-state index < -0.39 is 12.0 Å². The Kier molecular flexibility index (Phi) is 3.58. The van der Waals surface area contributed by atoms with Crippen LogP contribution in [0.3, 0.4) is 0 Å². The van der Waals surface area contributed by atoms with E-state index in [4.69, 9.17) is 9.63 Å². The molecule has 0 aliphatic carbocycles. The molecule has 0 saturated carbocycles. The minimum Gasteiger partial charge on any atom is -0.480 e. The first-order valence-corrected chi connectivity index (χ1v) is 4.39. The van der Waals surface area contributed by atoms with Gasteiger partial charge in [-0.3, -0.25) is 10.1 Å². The zero-order chi connectivity index (χ0) is 10.6. The van der Waals surface area contributed by atoms with Crippen LogP contribution in [0.1, 0.15) is 25.1 Å². The van der Waals surface area contributed by atoms with Crippen LogP contribution in [-0.4, -0.2) is 27.3 Å². The lowest BCUT2D eigenvalue weighted by Crippen LogP contribution is -2.35. The molecule has 1 heterocycles. The van der Waals surface area contributed by atoms with Crippen molar-refractivity contribution in [2.45, 2.75) is 32.9 Å². The molecule has 78 valence electrons. The van der Waals surface area contributed by atoms with Gasteiger partial charge in [-0.15, -0.1) is 0 Å². The summed E-state index contributed by atoms with van der Waals surface area (Å²) in [6.07, 6.45) is 0.516. The number of rotatable bonds is 5. The maximum absolute atomic E-state index is 10.6. The van der Waals surface area contributed by atoms with Crippen molar-refractivity contribution in [3.05, 3.63) is 11.7 Å². The Hall–Kier alpha value is -1.43. The molecular weight excluding hydrogens is 186 g/mol. The number of carbonyl (C=O) groups is 1. The van der Waals surface area contributed by atoms with Crippen molar-refractivity contribution in [3.8, 4) is 0 Å². The van der Waals surface area contributed by atoms with Gasteiger partial charge in [0, 0.05) is 0 Å². The van der Waals surface area contributed by atoms with Crippen molar-refractivity contribution in [3.63, 3.8) is 0 Å². The predicted octanol–water partition coefficient (Wildman–Crippen LogP) is 0.331. The highest BCUT2D eigenvalue weighted by molar-refractivity contribution is 5.73. The summed E-state index contributed by atoms with van der Waals surface area (Å²) < 4.78 is 4.82. The van der Waals surface area contributed by atoms with Gasteiger partial charge in [-0.1, -0.05) is 12.1 Å². The molecule has 0 radical (unpaired) electrons. The van der Waals surface area contributed by atoms with Crippen LogP contribution in [0.5, 0.6) is 0 Å². The molecule has 0 saturated heterocycles. The number of carboxylic acid groups (broad SMARTS) is 1. The highest BCUT2D eigenvalue weighted by Gasteiger charge is 2.14. The van der Waals surface area contributed by atoms with Crippen molar-refractivity contribution in [2.24, 2.45) is 0 Å². The first kappa shape index (κ1) is 10.6. The second kappa shape index (κ2) is 4.71. The molecule has 0 aliphatic heterocycles. The zero-order valence-corrected chi connectivity index (χ0v) is 8.15. The van der Waals surface area contributed by atoms with Crippen molar-refractivity contribution in [1.82, 2.24) is 15.5 Å². The summed E-state index contributed by atoms with van der Waals surface area (Å²) in [6.45, 7) is 3.79. The van der Waals surface area contributed by atoms with Gasteiger partial charge in [0.1, 0.15) is 6.04 Å². The summed E-state index contributed by atoms with van der Waals surface area (Å²) in [5.74, 6) is 0.0797. The molecule has 0 aromatic carbocycles. The van der Waals surface area contributed by atoms with Crippen LogP contribution in [0.2, 0.25) is 0 Å². The minimum atomic E-state index is -0.872. The third kappa shape index (κ3) is 2.81. The standard InChI is InChI=1S/C8H13N3O3/c1-3-6(8(12)13)9-4-7-10-5(2)11-14-7/h6,9H,3-4H2,1-2H3,(H,12,13). The van der Waals surface area contributed by atoms with Crippen LogP contribution in [0.4, 0.5) is 0 Å². The number of hydrogen-bond donors (Lipinski definition) is 2. The van der Waals surface area contributed by atoms with E-state index in [1.165, 1.54) is 0 Å². The zero-order valence-electron chi connectivity index (χ0n) is 8.15. The number of aryl methyl sites for hydroxylation is 1. The van der Waals surface area contributed by atoms with E-state index in [0.29, 0.717) is 18.1 Å². The molecular formula is C8H13N3O3. The molecule has 0 fully saturated rings. The highest BCUT2D eigenvalue weighted by atomic mass is 16.5. The summed E-state index contributed by atoms with van der Waals surface area (Å²) in [5, 5.41) is 15.1. The van der Waals surface area contributed by atoms with Gasteiger partial charge in [0.15, 0.2) is 5.82 Å². The Morgan fingerprint density at radius 1 is 1.71 bits per heavy atom. The summed E-state index contributed by atoms with van der Waals surface area (Å²) >= 11 is 0. The fourth-order valence-electron chi connectivity index (χ4n) is 1.03. The van der Waals surface area contributed by atoms with Crippen LogP contribution in [0, 0.1) is 6.92 Å². The van der Waals surface area contributed by atoms with E-state index in [1.54, 1.807) is 13.8 Å². The summed E-state index contributed by atoms with van der Waals surface area (Å²) in [6, 6.07) is -0.567. The van der Waals surface area contributed by atoms with Crippen LogP contribution < -0.4 is 5.32 Å². The Bertz CT molecular complexity index is 311. The van der Waals surface area contributed by atoms with Crippen LogP contribution >= 0.6 is 0 Å². The molecule has 1 rings (SSSR count). The molecule has 1 atom stereocenters. The summed E-state index contributed by atoms with van der Waals surface area (Å²) in [4.78, 5) is 14.6. The molecule has 6 heteroatoms. The van der Waals surface area contributed by atoms with E-state index in [9.17, 15) is 4.79 Å². The van der Waals surface area contributed by atoms with E-state index in [1.807, 2.05) is 0 Å². The number of nitrogens with zero attached hydrogens (tertiary/aromatic N) is 2. The lowest BCUT2D eigenvalue weighted by atomic mass is 10.2. The Balaban J connectivity index is 2.43. The molecule has 1 unspecified atom stereocenters. The van der Waals surface area contributed by atoms with Gasteiger partial charge in [-0.25, -0.2) is 0 Å². The second-order valence-corrected chi connectivity index (χ2v) is 2.92. The number of carboxylic acids is 1. The molecule has 2 N–H and O–H groups in total. The smallest absolute Gasteiger partial charge is 0.320 e. The highest BCUT2D eigenvalue weighted by Crippen LogP contribution is 1.97. The van der Waals surface area contributed by atoms with Gasteiger partial charge in [0.25, 0.3) is 0 Å².